The van der Waals surface area contributed by atoms with Crippen molar-refractivity contribution in [2.75, 3.05) is 25.5 Å². The summed E-state index contributed by atoms with van der Waals surface area (Å²) in [5.41, 5.74) is 0.556. The Hall–Kier alpha value is -1.79. The predicted molar refractivity (Wildman–Crippen MR) is 65.6 cm³/mol. The number of hydrogen-bond donors (Lipinski definition) is 3. The van der Waals surface area contributed by atoms with E-state index in [1.165, 1.54) is 12.0 Å². The molecule has 2 unspecified atom stereocenters. The zero-order valence-electron chi connectivity index (χ0n) is 10.0. The third-order valence-electron chi connectivity index (χ3n) is 2.89. The number of aliphatic hydroxyl groups excluding tert-OH is 2. The fraction of sp³-hybridized carbons (Fsp3) is 0.417. The van der Waals surface area contributed by atoms with Gasteiger partial charge in [-0.05, 0) is 12.1 Å². The fourth-order valence-electron chi connectivity index (χ4n) is 1.88. The van der Waals surface area contributed by atoms with Gasteiger partial charge < -0.3 is 25.2 Å². The van der Waals surface area contributed by atoms with Gasteiger partial charge in [0.25, 0.3) is 0 Å². The summed E-state index contributed by atoms with van der Waals surface area (Å²) >= 11 is 0. The van der Waals surface area contributed by atoms with E-state index in [9.17, 15) is 15.0 Å². The van der Waals surface area contributed by atoms with Gasteiger partial charge in [0.15, 0.2) is 0 Å². The molecule has 3 N–H and O–H groups in total. The first kappa shape index (κ1) is 12.7. The molecule has 6 nitrogen and oxygen atoms in total. The van der Waals surface area contributed by atoms with Crippen molar-refractivity contribution in [2.45, 2.75) is 12.2 Å². The van der Waals surface area contributed by atoms with Crippen LogP contribution in [0.25, 0.3) is 0 Å². The molecule has 0 bridgehead atoms. The van der Waals surface area contributed by atoms with Crippen molar-refractivity contribution >= 4 is 11.7 Å². The average Bonchev–Trinajstić information content (AvgIpc) is 2.70. The van der Waals surface area contributed by atoms with Gasteiger partial charge in [-0.2, -0.15) is 0 Å². The van der Waals surface area contributed by atoms with Crippen LogP contribution in [0.15, 0.2) is 24.3 Å². The Bertz CT molecular complexity index is 428. The van der Waals surface area contributed by atoms with Gasteiger partial charge in [0.1, 0.15) is 5.75 Å². The number of methoxy groups -OCH3 is 1. The number of amides is 2. The molecule has 1 saturated heterocycles. The monoisotopic (exact) mass is 252 g/mol. The first-order valence-electron chi connectivity index (χ1n) is 5.67. The van der Waals surface area contributed by atoms with Crippen molar-refractivity contribution in [2.24, 2.45) is 0 Å². The molecule has 98 valence electrons. The number of carbonyl (C=O) groups excluding carboxylic acids is 1. The summed E-state index contributed by atoms with van der Waals surface area (Å²) in [5, 5.41) is 21.5. The molecule has 1 heterocycles. The summed E-state index contributed by atoms with van der Waals surface area (Å²) < 4.78 is 5.12. The van der Waals surface area contributed by atoms with Crippen molar-refractivity contribution in [3.8, 4) is 5.75 Å². The van der Waals surface area contributed by atoms with E-state index in [4.69, 9.17) is 4.74 Å². The molecule has 6 heteroatoms. The molecular formula is C12H16N2O4. The molecule has 1 aromatic carbocycles. The number of β-amino-alcohol motifs (C(OH)–C–C–N with tert-alkyl or cyclic N) is 2. The van der Waals surface area contributed by atoms with E-state index in [1.807, 2.05) is 0 Å². The van der Waals surface area contributed by atoms with Crippen molar-refractivity contribution in [1.29, 1.82) is 0 Å². The number of para-hydroxylation sites is 2. The smallest absolute Gasteiger partial charge is 0.322 e. The molecule has 1 aliphatic heterocycles. The quantitative estimate of drug-likeness (QED) is 0.705. The van der Waals surface area contributed by atoms with E-state index < -0.39 is 12.2 Å². The Labute approximate surface area is 105 Å². The van der Waals surface area contributed by atoms with Crippen LogP contribution in [0.1, 0.15) is 0 Å². The van der Waals surface area contributed by atoms with E-state index in [0.717, 1.165) is 0 Å². The third-order valence-corrected chi connectivity index (χ3v) is 2.89. The highest BCUT2D eigenvalue weighted by molar-refractivity contribution is 5.91. The molecule has 0 aromatic heterocycles. The van der Waals surface area contributed by atoms with Crippen LogP contribution in [0.4, 0.5) is 10.5 Å². The summed E-state index contributed by atoms with van der Waals surface area (Å²) in [6.45, 7) is 0.254. The van der Waals surface area contributed by atoms with Crippen LogP contribution >= 0.6 is 0 Å². The summed E-state index contributed by atoms with van der Waals surface area (Å²) in [5.74, 6) is 0.561. The molecule has 2 rings (SSSR count). The molecule has 0 saturated carbocycles. The summed E-state index contributed by atoms with van der Waals surface area (Å²) in [6, 6.07) is 6.68. The van der Waals surface area contributed by atoms with Gasteiger partial charge in [0.2, 0.25) is 0 Å². The number of hydrogen-bond acceptors (Lipinski definition) is 4. The normalized spacial score (nSPS) is 22.9. The largest absolute Gasteiger partial charge is 0.495 e. The standard InChI is InChI=1S/C12H16N2O4/c1-18-11-5-3-2-4-8(11)13-12(17)14-6-9(15)10(16)7-14/h2-5,9-10,15-16H,6-7H2,1H3,(H,13,17). The lowest BCUT2D eigenvalue weighted by atomic mass is 10.3. The van der Waals surface area contributed by atoms with Crippen molar-refractivity contribution < 1.29 is 19.7 Å². The van der Waals surface area contributed by atoms with Gasteiger partial charge in [-0.15, -0.1) is 0 Å². The van der Waals surface area contributed by atoms with Gasteiger partial charge in [0, 0.05) is 0 Å². The lowest BCUT2D eigenvalue weighted by Gasteiger charge is -2.17. The number of nitrogens with one attached hydrogen (secondary N) is 1. The lowest BCUT2D eigenvalue weighted by Crippen LogP contribution is -2.34. The third kappa shape index (κ3) is 2.55. The zero-order valence-corrected chi connectivity index (χ0v) is 10.0. The van der Waals surface area contributed by atoms with Crippen LogP contribution < -0.4 is 10.1 Å². The predicted octanol–water partition coefficient (Wildman–Crippen LogP) is 0.264. The first-order chi connectivity index (χ1) is 8.61. The Balaban J connectivity index is 2.03. The second-order valence-corrected chi connectivity index (χ2v) is 4.17. The topological polar surface area (TPSA) is 82.0 Å². The number of rotatable bonds is 2. The van der Waals surface area contributed by atoms with Gasteiger partial charge in [-0.25, -0.2) is 4.79 Å². The number of likely N-dealkylation sites (tertiary alicyclic amines) is 1. The SMILES string of the molecule is COc1ccccc1NC(=O)N1CC(O)C(O)C1. The van der Waals surface area contributed by atoms with Crippen LogP contribution in [0.5, 0.6) is 5.75 Å². The van der Waals surface area contributed by atoms with Gasteiger partial charge in [-0.3, -0.25) is 0 Å². The number of aliphatic hydroxyl groups is 2. The first-order valence-corrected chi connectivity index (χ1v) is 5.67. The molecule has 1 aliphatic rings. The Morgan fingerprint density at radius 1 is 1.33 bits per heavy atom. The maximum absolute atomic E-state index is 11.9. The summed E-state index contributed by atoms with van der Waals surface area (Å²) in [6.07, 6.45) is -1.76. The number of anilines is 1. The molecule has 1 fully saturated rings. The second kappa shape index (κ2) is 5.24. The maximum atomic E-state index is 11.9. The van der Waals surface area contributed by atoms with E-state index in [0.29, 0.717) is 11.4 Å². The average molecular weight is 252 g/mol. The number of carbonyl (C=O) groups is 1. The summed E-state index contributed by atoms with van der Waals surface area (Å²) in [4.78, 5) is 13.3. The highest BCUT2D eigenvalue weighted by atomic mass is 16.5. The molecule has 18 heavy (non-hydrogen) atoms. The molecule has 0 aliphatic carbocycles. The van der Waals surface area contributed by atoms with E-state index in [1.54, 1.807) is 24.3 Å². The highest BCUT2D eigenvalue weighted by Gasteiger charge is 2.32. The molecule has 1 aromatic rings. The van der Waals surface area contributed by atoms with Gasteiger partial charge in [-0.1, -0.05) is 12.1 Å². The maximum Gasteiger partial charge on any atom is 0.322 e. The molecule has 2 atom stereocenters. The molecular weight excluding hydrogens is 236 g/mol. The minimum Gasteiger partial charge on any atom is -0.495 e. The minimum absolute atomic E-state index is 0.127. The van der Waals surface area contributed by atoms with E-state index in [-0.39, 0.29) is 19.1 Å². The van der Waals surface area contributed by atoms with Gasteiger partial charge in [0.05, 0.1) is 38.1 Å². The fourth-order valence-corrected chi connectivity index (χ4v) is 1.88. The Morgan fingerprint density at radius 2 is 1.94 bits per heavy atom. The molecule has 0 radical (unpaired) electrons. The lowest BCUT2D eigenvalue weighted by molar-refractivity contribution is 0.0572. The zero-order chi connectivity index (χ0) is 13.1. The van der Waals surface area contributed by atoms with E-state index >= 15 is 0 Å². The number of nitrogens with zero attached hydrogens (tertiary/aromatic N) is 1. The van der Waals surface area contributed by atoms with Crippen molar-refractivity contribution in [3.63, 3.8) is 0 Å². The second-order valence-electron chi connectivity index (χ2n) is 4.17. The van der Waals surface area contributed by atoms with E-state index in [2.05, 4.69) is 5.32 Å². The van der Waals surface area contributed by atoms with Crippen LogP contribution in [0.3, 0.4) is 0 Å². The van der Waals surface area contributed by atoms with Crippen LogP contribution in [-0.4, -0.2) is 53.6 Å². The minimum atomic E-state index is -0.881. The highest BCUT2D eigenvalue weighted by Crippen LogP contribution is 2.23. The van der Waals surface area contributed by atoms with Crippen molar-refractivity contribution in [1.82, 2.24) is 4.90 Å². The van der Waals surface area contributed by atoms with Crippen LogP contribution in [0.2, 0.25) is 0 Å². The number of urea groups is 1. The van der Waals surface area contributed by atoms with Gasteiger partial charge >= 0.3 is 6.03 Å². The Kier molecular flexibility index (Phi) is 3.69. The number of ether oxygens (including phenoxy) is 1. The van der Waals surface area contributed by atoms with Crippen LogP contribution in [0, 0.1) is 0 Å². The molecule has 2 amide bonds. The van der Waals surface area contributed by atoms with Crippen LogP contribution in [-0.2, 0) is 0 Å². The molecule has 0 spiro atoms. The Morgan fingerprint density at radius 3 is 2.56 bits per heavy atom. The number of benzene rings is 1. The van der Waals surface area contributed by atoms with Crippen molar-refractivity contribution in [3.05, 3.63) is 24.3 Å². The summed E-state index contributed by atoms with van der Waals surface area (Å²) in [7, 11) is 1.52.